The van der Waals surface area contributed by atoms with Gasteiger partial charge < -0.3 is 15.0 Å². The van der Waals surface area contributed by atoms with E-state index in [2.05, 4.69) is 9.97 Å². The van der Waals surface area contributed by atoms with E-state index in [0.29, 0.717) is 19.4 Å². The van der Waals surface area contributed by atoms with Gasteiger partial charge in [0.05, 0.1) is 11.0 Å². The zero-order valence-electron chi connectivity index (χ0n) is 14.6. The summed E-state index contributed by atoms with van der Waals surface area (Å²) in [6.07, 6.45) is 3.79. The van der Waals surface area contributed by atoms with Crippen LogP contribution in [0.1, 0.15) is 43.5 Å². The van der Waals surface area contributed by atoms with E-state index in [9.17, 15) is 9.59 Å². The summed E-state index contributed by atoms with van der Waals surface area (Å²) in [5.41, 5.74) is 3.10. The molecule has 1 atom stereocenters. The molecule has 25 heavy (non-hydrogen) atoms. The van der Waals surface area contributed by atoms with Crippen LogP contribution in [0.15, 0.2) is 18.2 Å². The van der Waals surface area contributed by atoms with Crippen LogP contribution in [-0.2, 0) is 16.0 Å². The number of aromatic amines is 1. The number of nitrogens with one attached hydrogen (secondary N) is 1. The number of aromatic nitrogens is 2. The van der Waals surface area contributed by atoms with Crippen molar-refractivity contribution in [1.82, 2.24) is 14.9 Å². The Morgan fingerprint density at radius 3 is 2.92 bits per heavy atom. The maximum atomic E-state index is 12.5. The van der Waals surface area contributed by atoms with Crippen LogP contribution in [0.2, 0.25) is 0 Å². The van der Waals surface area contributed by atoms with Gasteiger partial charge in [-0.3, -0.25) is 9.59 Å². The van der Waals surface area contributed by atoms with Gasteiger partial charge in [-0.15, -0.1) is 0 Å². The molecule has 1 aromatic heterocycles. The van der Waals surface area contributed by atoms with E-state index in [-0.39, 0.29) is 18.2 Å². The number of aliphatic carboxylic acids is 1. The summed E-state index contributed by atoms with van der Waals surface area (Å²) in [5, 5.41) is 8.93. The Morgan fingerprint density at radius 1 is 1.32 bits per heavy atom. The lowest BCUT2D eigenvalue weighted by atomic mass is 9.97. The fourth-order valence-corrected chi connectivity index (χ4v) is 3.59. The molecule has 134 valence electrons. The molecule has 0 aliphatic carbocycles. The van der Waals surface area contributed by atoms with E-state index < -0.39 is 5.97 Å². The highest BCUT2D eigenvalue weighted by molar-refractivity contribution is 5.79. The fourth-order valence-electron chi connectivity index (χ4n) is 3.59. The van der Waals surface area contributed by atoms with Crippen molar-refractivity contribution in [2.45, 2.75) is 45.4 Å². The Kier molecular flexibility index (Phi) is 5.36. The molecule has 0 saturated carbocycles. The number of carboxylic acid groups (broad SMARTS) is 1. The highest BCUT2D eigenvalue weighted by Crippen LogP contribution is 2.21. The van der Waals surface area contributed by atoms with Crippen molar-refractivity contribution in [2.75, 3.05) is 13.1 Å². The number of imidazole rings is 1. The van der Waals surface area contributed by atoms with Crippen molar-refractivity contribution in [1.29, 1.82) is 0 Å². The molecule has 1 aromatic carbocycles. The lowest BCUT2D eigenvalue weighted by molar-refractivity contribution is -0.138. The Hall–Kier alpha value is -2.37. The first-order valence-corrected chi connectivity index (χ1v) is 8.96. The van der Waals surface area contributed by atoms with Gasteiger partial charge in [-0.25, -0.2) is 4.98 Å². The Morgan fingerprint density at radius 2 is 2.16 bits per heavy atom. The molecule has 1 saturated heterocycles. The maximum Gasteiger partial charge on any atom is 0.303 e. The first kappa shape index (κ1) is 17.5. The molecule has 3 rings (SSSR count). The number of benzene rings is 1. The number of hydrogen-bond acceptors (Lipinski definition) is 3. The summed E-state index contributed by atoms with van der Waals surface area (Å²) in [4.78, 5) is 33.1. The number of likely N-dealkylation sites (tertiary alicyclic amines) is 1. The van der Waals surface area contributed by atoms with Crippen molar-refractivity contribution in [3.05, 3.63) is 29.6 Å². The third kappa shape index (κ3) is 4.38. The molecular formula is C19H25N3O3. The second kappa shape index (κ2) is 7.68. The Labute approximate surface area is 147 Å². The highest BCUT2D eigenvalue weighted by Gasteiger charge is 2.22. The van der Waals surface area contributed by atoms with E-state index >= 15 is 0 Å². The molecule has 1 amide bonds. The van der Waals surface area contributed by atoms with Gasteiger partial charge in [0, 0.05) is 32.4 Å². The zero-order valence-corrected chi connectivity index (χ0v) is 14.6. The number of nitrogens with zero attached hydrogens (tertiary/aromatic N) is 2. The van der Waals surface area contributed by atoms with E-state index in [0.717, 1.165) is 48.2 Å². The minimum Gasteiger partial charge on any atom is -0.481 e. The number of fused-ring (bicyclic) bond motifs is 1. The molecule has 1 aliphatic heterocycles. The third-order valence-corrected chi connectivity index (χ3v) is 5.00. The van der Waals surface area contributed by atoms with Gasteiger partial charge in [0.2, 0.25) is 5.91 Å². The van der Waals surface area contributed by atoms with Crippen LogP contribution < -0.4 is 0 Å². The number of carbonyl (C=O) groups is 2. The molecule has 2 N–H and O–H groups in total. The van der Waals surface area contributed by atoms with E-state index in [1.54, 1.807) is 0 Å². The van der Waals surface area contributed by atoms with Crippen molar-refractivity contribution in [3.8, 4) is 0 Å². The second-order valence-corrected chi connectivity index (χ2v) is 6.93. The van der Waals surface area contributed by atoms with Crippen molar-refractivity contribution < 1.29 is 14.7 Å². The monoisotopic (exact) mass is 343 g/mol. The van der Waals surface area contributed by atoms with Gasteiger partial charge in [0.1, 0.15) is 5.82 Å². The number of H-pyrrole nitrogens is 1. The number of rotatable bonds is 5. The van der Waals surface area contributed by atoms with Crippen LogP contribution in [0.3, 0.4) is 0 Å². The van der Waals surface area contributed by atoms with Gasteiger partial charge >= 0.3 is 5.97 Å². The predicted molar refractivity (Wildman–Crippen MR) is 95.3 cm³/mol. The maximum absolute atomic E-state index is 12.5. The zero-order chi connectivity index (χ0) is 17.8. The van der Waals surface area contributed by atoms with Gasteiger partial charge in [0.25, 0.3) is 0 Å². The Bertz CT molecular complexity index is 768. The van der Waals surface area contributed by atoms with Crippen LogP contribution in [0.4, 0.5) is 0 Å². The van der Waals surface area contributed by atoms with Crippen LogP contribution >= 0.6 is 0 Å². The summed E-state index contributed by atoms with van der Waals surface area (Å²) in [7, 11) is 0. The average molecular weight is 343 g/mol. The van der Waals surface area contributed by atoms with Crippen LogP contribution in [0.5, 0.6) is 0 Å². The number of amides is 1. The lowest BCUT2D eigenvalue weighted by Crippen LogP contribution is -2.32. The SMILES string of the molecule is Cc1cccc2[nH]c(CCC(=O)N3CCC[C@@H](CC(=O)O)CC3)nc12. The molecule has 0 bridgehead atoms. The second-order valence-electron chi connectivity index (χ2n) is 6.93. The third-order valence-electron chi connectivity index (χ3n) is 5.00. The van der Waals surface area contributed by atoms with Gasteiger partial charge in [-0.2, -0.15) is 0 Å². The van der Waals surface area contributed by atoms with Crippen LogP contribution in [0.25, 0.3) is 11.0 Å². The first-order chi connectivity index (χ1) is 12.0. The summed E-state index contributed by atoms with van der Waals surface area (Å²) in [6.45, 7) is 3.42. The molecule has 2 heterocycles. The molecule has 0 unspecified atom stereocenters. The summed E-state index contributed by atoms with van der Waals surface area (Å²) < 4.78 is 0. The molecule has 1 aliphatic rings. The van der Waals surface area contributed by atoms with Crippen molar-refractivity contribution in [3.63, 3.8) is 0 Å². The first-order valence-electron chi connectivity index (χ1n) is 8.96. The summed E-state index contributed by atoms with van der Waals surface area (Å²) in [5.74, 6) is 0.419. The lowest BCUT2D eigenvalue weighted by Gasteiger charge is -2.20. The number of para-hydroxylation sites is 1. The summed E-state index contributed by atoms with van der Waals surface area (Å²) >= 11 is 0. The summed E-state index contributed by atoms with van der Waals surface area (Å²) in [6, 6.07) is 6.02. The van der Waals surface area contributed by atoms with Gasteiger partial charge in [-0.1, -0.05) is 12.1 Å². The minimum absolute atomic E-state index is 0.133. The van der Waals surface area contributed by atoms with Gasteiger partial charge in [0.15, 0.2) is 0 Å². The molecule has 1 fully saturated rings. The normalized spacial score (nSPS) is 18.3. The Balaban J connectivity index is 1.55. The average Bonchev–Trinajstić information content (AvgIpc) is 2.86. The standard InChI is InChI=1S/C19H25N3O3/c1-13-4-2-6-15-19(13)21-16(20-15)7-8-17(23)22-10-3-5-14(9-11-22)12-18(24)25/h2,4,6,14H,3,5,7-12H2,1H3,(H,20,21)(H,24,25)/t14-/m1/s1. The number of hydrogen-bond donors (Lipinski definition) is 2. The highest BCUT2D eigenvalue weighted by atomic mass is 16.4. The number of carboxylic acids is 1. The molecule has 6 heteroatoms. The van der Waals surface area contributed by atoms with Gasteiger partial charge in [-0.05, 0) is 43.7 Å². The topological polar surface area (TPSA) is 86.3 Å². The van der Waals surface area contributed by atoms with Crippen molar-refractivity contribution >= 4 is 22.9 Å². The van der Waals surface area contributed by atoms with Crippen molar-refractivity contribution in [2.24, 2.45) is 5.92 Å². The molecule has 2 aromatic rings. The molecule has 0 spiro atoms. The van der Waals surface area contributed by atoms with E-state index in [4.69, 9.17) is 5.11 Å². The minimum atomic E-state index is -0.745. The molecule has 0 radical (unpaired) electrons. The number of carbonyl (C=O) groups excluding carboxylic acids is 1. The largest absolute Gasteiger partial charge is 0.481 e. The fraction of sp³-hybridized carbons (Fsp3) is 0.526. The van der Waals surface area contributed by atoms with Crippen LogP contribution in [-0.4, -0.2) is 44.9 Å². The smallest absolute Gasteiger partial charge is 0.303 e. The quantitative estimate of drug-likeness (QED) is 0.874. The number of aryl methyl sites for hydroxylation is 2. The van der Waals surface area contributed by atoms with E-state index in [1.165, 1.54) is 0 Å². The molecule has 6 nitrogen and oxygen atoms in total. The predicted octanol–water partition coefficient (Wildman–Crippen LogP) is 2.91. The van der Waals surface area contributed by atoms with Crippen LogP contribution in [0, 0.1) is 12.8 Å². The molecular weight excluding hydrogens is 318 g/mol. The van der Waals surface area contributed by atoms with E-state index in [1.807, 2.05) is 30.0 Å².